The first kappa shape index (κ1) is 14.3. The van der Waals surface area contributed by atoms with Gasteiger partial charge in [0.05, 0.1) is 6.33 Å². The van der Waals surface area contributed by atoms with Gasteiger partial charge in [0.15, 0.2) is 0 Å². The molecule has 0 fully saturated rings. The molecular weight excluding hydrogens is 300 g/mol. The van der Waals surface area contributed by atoms with Crippen LogP contribution in [-0.4, -0.2) is 9.55 Å². The lowest BCUT2D eigenvalue weighted by Crippen LogP contribution is -2.09. The second kappa shape index (κ2) is 7.49. The fourth-order valence-electron chi connectivity index (χ4n) is 2.44. The summed E-state index contributed by atoms with van der Waals surface area (Å²) in [5, 5.41) is 0. The van der Waals surface area contributed by atoms with Gasteiger partial charge in [-0.1, -0.05) is 60.3 Å². The Hall–Kier alpha value is -1.09. The lowest BCUT2D eigenvalue weighted by atomic mass is 9.93. The van der Waals surface area contributed by atoms with Crippen LogP contribution in [-0.2, 0) is 6.54 Å². The predicted molar refractivity (Wildman–Crippen MR) is 83.3 cm³/mol. The van der Waals surface area contributed by atoms with Gasteiger partial charge in [-0.2, -0.15) is 0 Å². The van der Waals surface area contributed by atoms with E-state index in [0.717, 1.165) is 6.54 Å². The number of aromatic nitrogens is 2. The van der Waals surface area contributed by atoms with Crippen LogP contribution in [0, 0.1) is 0 Å². The molecule has 19 heavy (non-hydrogen) atoms. The molecule has 0 radical (unpaired) electrons. The molecule has 1 aromatic heterocycles. The summed E-state index contributed by atoms with van der Waals surface area (Å²) in [5.41, 5.74) is 1.41. The number of unbranched alkanes of at least 4 members (excludes halogenated alkanes) is 2. The van der Waals surface area contributed by atoms with Crippen LogP contribution in [0.3, 0.4) is 0 Å². The highest BCUT2D eigenvalue weighted by Gasteiger charge is 2.14. The van der Waals surface area contributed by atoms with Gasteiger partial charge in [-0.05, 0) is 18.1 Å². The van der Waals surface area contributed by atoms with Gasteiger partial charge < -0.3 is 4.57 Å². The van der Waals surface area contributed by atoms with Gasteiger partial charge in [0.2, 0.25) is 0 Å². The normalized spacial score (nSPS) is 12.5. The number of imidazole rings is 1. The zero-order valence-corrected chi connectivity index (χ0v) is 13.0. The number of hydrogen-bond donors (Lipinski definition) is 0. The minimum atomic E-state index is 0.552. The van der Waals surface area contributed by atoms with E-state index in [0.29, 0.717) is 5.92 Å². The molecule has 102 valence electrons. The fraction of sp³-hybridized carbons (Fsp3) is 0.438. The summed E-state index contributed by atoms with van der Waals surface area (Å²) in [5.74, 6) is 0.552. The average molecular weight is 321 g/mol. The molecule has 0 spiro atoms. The Morgan fingerprint density at radius 3 is 2.79 bits per heavy atom. The minimum Gasteiger partial charge on any atom is -0.337 e. The molecule has 0 saturated heterocycles. The van der Waals surface area contributed by atoms with Crippen molar-refractivity contribution in [3.63, 3.8) is 0 Å². The Morgan fingerprint density at radius 1 is 1.26 bits per heavy atom. The van der Waals surface area contributed by atoms with Crippen LogP contribution in [0.5, 0.6) is 0 Å². The van der Waals surface area contributed by atoms with Gasteiger partial charge >= 0.3 is 0 Å². The smallest absolute Gasteiger partial charge is 0.0946 e. The fourth-order valence-corrected chi connectivity index (χ4v) is 3.05. The van der Waals surface area contributed by atoms with E-state index in [1.54, 1.807) is 0 Å². The van der Waals surface area contributed by atoms with E-state index in [4.69, 9.17) is 0 Å². The van der Waals surface area contributed by atoms with Crippen LogP contribution in [0.15, 0.2) is 47.5 Å². The SMILES string of the molecule is CCCCC[C@H](Cn1ccnc1)c1ccccc1Br. The number of benzene rings is 1. The maximum Gasteiger partial charge on any atom is 0.0946 e. The minimum absolute atomic E-state index is 0.552. The highest BCUT2D eigenvalue weighted by atomic mass is 79.9. The monoisotopic (exact) mass is 320 g/mol. The molecule has 0 bridgehead atoms. The second-order valence-corrected chi connectivity index (χ2v) is 5.83. The molecule has 0 aliphatic heterocycles. The molecule has 0 amide bonds. The maximum absolute atomic E-state index is 4.14. The topological polar surface area (TPSA) is 17.8 Å². The third-order valence-electron chi connectivity index (χ3n) is 3.49. The van der Waals surface area contributed by atoms with Crippen molar-refractivity contribution in [2.45, 2.75) is 45.1 Å². The first-order valence-corrected chi connectivity index (χ1v) is 7.80. The summed E-state index contributed by atoms with van der Waals surface area (Å²) in [6, 6.07) is 8.57. The average Bonchev–Trinajstić information content (AvgIpc) is 2.91. The van der Waals surface area contributed by atoms with Crippen LogP contribution in [0.1, 0.15) is 44.1 Å². The summed E-state index contributed by atoms with van der Waals surface area (Å²) in [7, 11) is 0. The summed E-state index contributed by atoms with van der Waals surface area (Å²) >= 11 is 3.69. The molecule has 2 nitrogen and oxygen atoms in total. The Kier molecular flexibility index (Phi) is 5.64. The van der Waals surface area contributed by atoms with E-state index in [1.807, 2.05) is 18.7 Å². The summed E-state index contributed by atoms with van der Waals surface area (Å²) in [6.45, 7) is 3.26. The van der Waals surface area contributed by atoms with E-state index in [-0.39, 0.29) is 0 Å². The summed E-state index contributed by atoms with van der Waals surface area (Å²) < 4.78 is 3.40. The number of nitrogens with zero attached hydrogens (tertiary/aromatic N) is 2. The van der Waals surface area contributed by atoms with E-state index in [1.165, 1.54) is 35.7 Å². The van der Waals surface area contributed by atoms with Crippen molar-refractivity contribution in [3.05, 3.63) is 53.0 Å². The number of rotatable bonds is 7. The number of halogens is 1. The van der Waals surface area contributed by atoms with Crippen LogP contribution < -0.4 is 0 Å². The van der Waals surface area contributed by atoms with Crippen LogP contribution in [0.4, 0.5) is 0 Å². The Bertz CT molecular complexity index is 479. The van der Waals surface area contributed by atoms with E-state index < -0.39 is 0 Å². The molecule has 0 unspecified atom stereocenters. The van der Waals surface area contributed by atoms with Crippen LogP contribution in [0.2, 0.25) is 0 Å². The van der Waals surface area contributed by atoms with Crippen molar-refractivity contribution in [1.29, 1.82) is 0 Å². The van der Waals surface area contributed by atoms with Crippen molar-refractivity contribution >= 4 is 15.9 Å². The molecule has 2 rings (SSSR count). The molecule has 0 saturated carbocycles. The van der Waals surface area contributed by atoms with Crippen molar-refractivity contribution in [1.82, 2.24) is 9.55 Å². The van der Waals surface area contributed by atoms with Crippen molar-refractivity contribution < 1.29 is 0 Å². The van der Waals surface area contributed by atoms with Crippen molar-refractivity contribution in [2.75, 3.05) is 0 Å². The Morgan fingerprint density at radius 2 is 2.11 bits per heavy atom. The quantitative estimate of drug-likeness (QED) is 0.656. The molecular formula is C16H21BrN2. The van der Waals surface area contributed by atoms with E-state index in [9.17, 15) is 0 Å². The maximum atomic E-state index is 4.14. The lowest BCUT2D eigenvalue weighted by Gasteiger charge is -2.19. The van der Waals surface area contributed by atoms with Gasteiger partial charge in [-0.3, -0.25) is 0 Å². The van der Waals surface area contributed by atoms with Gasteiger partial charge in [0, 0.05) is 29.3 Å². The van der Waals surface area contributed by atoms with Crippen LogP contribution in [0.25, 0.3) is 0 Å². The summed E-state index contributed by atoms with van der Waals surface area (Å²) in [4.78, 5) is 4.14. The lowest BCUT2D eigenvalue weighted by molar-refractivity contribution is 0.495. The standard InChI is InChI=1S/C16H21BrN2/c1-2-3-4-7-14(12-19-11-10-18-13-19)15-8-5-6-9-16(15)17/h5-6,8-11,13-14H,2-4,7,12H2,1H3/t14-/m1/s1. The molecule has 3 heteroatoms. The first-order valence-electron chi connectivity index (χ1n) is 7.01. The van der Waals surface area contributed by atoms with Gasteiger partial charge in [0.25, 0.3) is 0 Å². The third-order valence-corrected chi connectivity index (χ3v) is 4.21. The van der Waals surface area contributed by atoms with Gasteiger partial charge in [-0.25, -0.2) is 4.98 Å². The Balaban J connectivity index is 2.11. The van der Waals surface area contributed by atoms with Gasteiger partial charge in [-0.15, -0.1) is 0 Å². The second-order valence-electron chi connectivity index (χ2n) is 4.97. The van der Waals surface area contributed by atoms with E-state index >= 15 is 0 Å². The Labute approximate surface area is 124 Å². The zero-order chi connectivity index (χ0) is 13.5. The molecule has 2 aromatic rings. The highest BCUT2D eigenvalue weighted by molar-refractivity contribution is 9.10. The molecule has 0 aliphatic rings. The predicted octanol–water partition coefficient (Wildman–Crippen LogP) is 5.01. The number of hydrogen-bond acceptors (Lipinski definition) is 1. The largest absolute Gasteiger partial charge is 0.337 e. The van der Waals surface area contributed by atoms with Crippen LogP contribution >= 0.6 is 15.9 Å². The highest BCUT2D eigenvalue weighted by Crippen LogP contribution is 2.30. The molecule has 1 atom stereocenters. The molecule has 1 heterocycles. The zero-order valence-electron chi connectivity index (χ0n) is 11.4. The summed E-state index contributed by atoms with van der Waals surface area (Å²) in [6.07, 6.45) is 10.9. The van der Waals surface area contributed by atoms with Crippen molar-refractivity contribution in [3.8, 4) is 0 Å². The third kappa shape index (κ3) is 4.20. The molecule has 0 aliphatic carbocycles. The molecule has 0 N–H and O–H groups in total. The van der Waals surface area contributed by atoms with Gasteiger partial charge in [0.1, 0.15) is 0 Å². The first-order chi connectivity index (χ1) is 9.31. The van der Waals surface area contributed by atoms with E-state index in [2.05, 4.69) is 56.7 Å². The molecule has 1 aromatic carbocycles. The van der Waals surface area contributed by atoms with Crippen molar-refractivity contribution in [2.24, 2.45) is 0 Å².